The van der Waals surface area contributed by atoms with Crippen molar-refractivity contribution in [2.75, 3.05) is 11.9 Å². The highest BCUT2D eigenvalue weighted by Crippen LogP contribution is 2.29. The van der Waals surface area contributed by atoms with E-state index in [1.807, 2.05) is 24.3 Å². The topological polar surface area (TPSA) is 103 Å². The molecule has 0 aliphatic heterocycles. The number of amides is 1. The van der Waals surface area contributed by atoms with Crippen LogP contribution in [0, 0.1) is 0 Å². The third kappa shape index (κ3) is 5.00. The van der Waals surface area contributed by atoms with Crippen LogP contribution in [0.15, 0.2) is 37.5 Å². The number of nitrogens with zero attached hydrogens (tertiary/aromatic N) is 4. The highest BCUT2D eigenvalue weighted by atomic mass is 79.9. The normalized spacial score (nSPS) is 10.6. The minimum Gasteiger partial charge on any atom is -0.450 e. The van der Waals surface area contributed by atoms with Crippen molar-refractivity contribution >= 4 is 50.3 Å². The monoisotopic (exact) mass is 441 g/mol. The van der Waals surface area contributed by atoms with Crippen LogP contribution < -0.4 is 5.32 Å². The third-order valence-corrected chi connectivity index (χ3v) is 5.20. The molecule has 0 saturated carbocycles. The zero-order valence-electron chi connectivity index (χ0n) is 12.9. The molecule has 1 amide bonds. The van der Waals surface area contributed by atoms with E-state index >= 15 is 0 Å². The first-order chi connectivity index (χ1) is 12.1. The van der Waals surface area contributed by atoms with Gasteiger partial charge in [0.1, 0.15) is 0 Å². The minimum absolute atomic E-state index is 0.295. The number of benzene rings is 1. The Hall–Kier alpha value is -1.98. The minimum atomic E-state index is -0.550. The van der Waals surface area contributed by atoms with Gasteiger partial charge in [-0.25, -0.2) is 4.79 Å². The second-order valence-electron chi connectivity index (χ2n) is 4.52. The summed E-state index contributed by atoms with van der Waals surface area (Å²) in [5, 5.41) is 18.8. The quantitative estimate of drug-likeness (QED) is 0.447. The van der Waals surface area contributed by atoms with Gasteiger partial charge in [-0.05, 0) is 25.1 Å². The van der Waals surface area contributed by atoms with Crippen molar-refractivity contribution in [1.29, 1.82) is 0 Å². The molecule has 25 heavy (non-hydrogen) atoms. The molecule has 0 radical (unpaired) electrons. The van der Waals surface area contributed by atoms with Gasteiger partial charge in [0.2, 0.25) is 16.9 Å². The Balaban J connectivity index is 1.57. The Kier molecular flexibility index (Phi) is 6.00. The largest absolute Gasteiger partial charge is 0.450 e. The number of anilines is 1. The predicted molar refractivity (Wildman–Crippen MR) is 97.5 cm³/mol. The van der Waals surface area contributed by atoms with Gasteiger partial charge in [-0.15, -0.1) is 20.4 Å². The molecule has 0 fully saturated rings. The molecular formula is C14H12BrN5O3S2. The van der Waals surface area contributed by atoms with E-state index in [0.717, 1.165) is 10.0 Å². The fourth-order valence-electron chi connectivity index (χ4n) is 1.75. The van der Waals surface area contributed by atoms with Crippen molar-refractivity contribution in [3.05, 3.63) is 34.6 Å². The van der Waals surface area contributed by atoms with E-state index in [2.05, 4.69) is 41.6 Å². The van der Waals surface area contributed by atoms with E-state index in [-0.39, 0.29) is 0 Å². The molecule has 2 aromatic heterocycles. The predicted octanol–water partition coefficient (Wildman–Crippen LogP) is 4.21. The van der Waals surface area contributed by atoms with Crippen LogP contribution in [0.25, 0.3) is 11.5 Å². The number of hydrogen-bond donors (Lipinski definition) is 1. The van der Waals surface area contributed by atoms with Crippen molar-refractivity contribution in [3.8, 4) is 11.5 Å². The maximum atomic E-state index is 11.3. The molecule has 3 aromatic rings. The molecule has 3 rings (SSSR count). The molecule has 8 nitrogen and oxygen atoms in total. The SMILES string of the molecule is CCOC(=O)Nc1nnc(SCc2nnc(-c3cccc(Br)c3)o2)s1. The molecule has 2 heterocycles. The number of hydrogen-bond acceptors (Lipinski definition) is 9. The molecule has 1 aromatic carbocycles. The number of halogens is 1. The zero-order valence-corrected chi connectivity index (χ0v) is 16.2. The molecule has 0 unspecified atom stereocenters. The number of aromatic nitrogens is 4. The van der Waals surface area contributed by atoms with Crippen LogP contribution in [-0.4, -0.2) is 33.1 Å². The zero-order chi connectivity index (χ0) is 17.6. The second kappa shape index (κ2) is 8.41. The van der Waals surface area contributed by atoms with Crippen molar-refractivity contribution < 1.29 is 13.9 Å². The summed E-state index contributed by atoms with van der Waals surface area (Å²) in [6.07, 6.45) is -0.550. The summed E-state index contributed by atoms with van der Waals surface area (Å²) in [6, 6.07) is 7.63. The van der Waals surface area contributed by atoms with Crippen molar-refractivity contribution in [1.82, 2.24) is 20.4 Å². The van der Waals surface area contributed by atoms with Crippen LogP contribution in [0.2, 0.25) is 0 Å². The van der Waals surface area contributed by atoms with Gasteiger partial charge in [0, 0.05) is 10.0 Å². The number of ether oxygens (including phenoxy) is 1. The molecular weight excluding hydrogens is 430 g/mol. The first-order valence-corrected chi connectivity index (χ1v) is 9.72. The Morgan fingerprint density at radius 3 is 3.04 bits per heavy atom. The Bertz CT molecular complexity index is 870. The fourth-order valence-corrected chi connectivity index (χ4v) is 3.72. The molecule has 0 aliphatic rings. The highest BCUT2D eigenvalue weighted by Gasteiger charge is 2.12. The van der Waals surface area contributed by atoms with E-state index in [1.165, 1.54) is 23.1 Å². The van der Waals surface area contributed by atoms with Crippen molar-refractivity contribution in [3.63, 3.8) is 0 Å². The van der Waals surface area contributed by atoms with E-state index in [1.54, 1.807) is 6.92 Å². The van der Waals surface area contributed by atoms with Crippen LogP contribution in [-0.2, 0) is 10.5 Å². The van der Waals surface area contributed by atoms with Crippen LogP contribution in [0.1, 0.15) is 12.8 Å². The molecule has 0 saturated heterocycles. The first-order valence-electron chi connectivity index (χ1n) is 7.12. The maximum Gasteiger partial charge on any atom is 0.413 e. The number of carbonyl (C=O) groups is 1. The van der Waals surface area contributed by atoms with Gasteiger partial charge in [-0.2, -0.15) is 0 Å². The lowest BCUT2D eigenvalue weighted by atomic mass is 10.2. The van der Waals surface area contributed by atoms with Gasteiger partial charge in [0.05, 0.1) is 12.4 Å². The second-order valence-corrected chi connectivity index (χ2v) is 7.63. The average molecular weight is 442 g/mol. The number of nitrogens with one attached hydrogen (secondary N) is 1. The number of thioether (sulfide) groups is 1. The molecule has 11 heteroatoms. The first kappa shape index (κ1) is 17.8. The fraction of sp³-hybridized carbons (Fsp3) is 0.214. The standard InChI is InChI=1S/C14H12BrN5O3S2/c1-2-22-13(21)16-12-19-20-14(25-12)24-7-10-17-18-11(23-10)8-4-3-5-9(15)6-8/h3-6H,2,7H2,1H3,(H,16,19,21). The third-order valence-electron chi connectivity index (χ3n) is 2.75. The van der Waals surface area contributed by atoms with Gasteiger partial charge in [-0.1, -0.05) is 45.1 Å². The lowest BCUT2D eigenvalue weighted by Gasteiger charge is -1.99. The van der Waals surface area contributed by atoms with Crippen LogP contribution >= 0.6 is 39.0 Å². The maximum absolute atomic E-state index is 11.3. The van der Waals surface area contributed by atoms with Crippen LogP contribution in [0.4, 0.5) is 9.93 Å². The average Bonchev–Trinajstić information content (AvgIpc) is 3.22. The van der Waals surface area contributed by atoms with Gasteiger partial charge in [0.25, 0.3) is 0 Å². The van der Waals surface area contributed by atoms with E-state index < -0.39 is 6.09 Å². The number of carbonyl (C=O) groups excluding carboxylic acids is 1. The van der Waals surface area contributed by atoms with Crippen LogP contribution in [0.3, 0.4) is 0 Å². The summed E-state index contributed by atoms with van der Waals surface area (Å²) in [4.78, 5) is 11.3. The van der Waals surface area contributed by atoms with Gasteiger partial charge in [0.15, 0.2) is 4.34 Å². The van der Waals surface area contributed by atoms with Gasteiger partial charge in [-0.3, -0.25) is 5.32 Å². The molecule has 130 valence electrons. The summed E-state index contributed by atoms with van der Waals surface area (Å²) in [5.41, 5.74) is 0.843. The highest BCUT2D eigenvalue weighted by molar-refractivity contribution is 9.10. The summed E-state index contributed by atoms with van der Waals surface area (Å²) < 4.78 is 12.0. The summed E-state index contributed by atoms with van der Waals surface area (Å²) in [6.45, 7) is 2.03. The van der Waals surface area contributed by atoms with E-state index in [4.69, 9.17) is 9.15 Å². The molecule has 0 atom stereocenters. The summed E-state index contributed by atoms with van der Waals surface area (Å²) >= 11 is 6.05. The lowest BCUT2D eigenvalue weighted by molar-refractivity contribution is 0.168. The molecule has 0 bridgehead atoms. The van der Waals surface area contributed by atoms with Crippen LogP contribution in [0.5, 0.6) is 0 Å². The van der Waals surface area contributed by atoms with Crippen molar-refractivity contribution in [2.45, 2.75) is 17.0 Å². The lowest BCUT2D eigenvalue weighted by Crippen LogP contribution is -2.12. The molecule has 1 N–H and O–H groups in total. The van der Waals surface area contributed by atoms with E-state index in [9.17, 15) is 4.79 Å². The Morgan fingerprint density at radius 1 is 1.36 bits per heavy atom. The summed E-state index contributed by atoms with van der Waals surface area (Å²) in [5.74, 6) is 1.39. The number of rotatable bonds is 6. The van der Waals surface area contributed by atoms with Gasteiger partial charge < -0.3 is 9.15 Å². The Labute approximate surface area is 159 Å². The van der Waals surface area contributed by atoms with E-state index in [0.29, 0.717) is 33.6 Å². The smallest absolute Gasteiger partial charge is 0.413 e. The van der Waals surface area contributed by atoms with Gasteiger partial charge >= 0.3 is 6.09 Å². The Morgan fingerprint density at radius 2 is 2.24 bits per heavy atom. The summed E-state index contributed by atoms with van der Waals surface area (Å²) in [7, 11) is 0. The van der Waals surface area contributed by atoms with Crippen molar-refractivity contribution in [2.24, 2.45) is 0 Å². The molecule has 0 aliphatic carbocycles. The molecule has 0 spiro atoms.